The summed E-state index contributed by atoms with van der Waals surface area (Å²) in [5.74, 6) is 0.764. The molecule has 1 fully saturated rings. The van der Waals surface area contributed by atoms with Crippen LogP contribution in [-0.4, -0.2) is 5.60 Å². The molecule has 1 aliphatic heterocycles. The molecule has 1 aliphatic rings. The van der Waals surface area contributed by atoms with Crippen LogP contribution in [0, 0.1) is 10.8 Å². The Hall–Kier alpha value is -0.720. The van der Waals surface area contributed by atoms with Crippen LogP contribution >= 0.6 is 0 Å². The van der Waals surface area contributed by atoms with Crippen LogP contribution in [0.5, 0.6) is 0 Å². The highest BCUT2D eigenvalue weighted by molar-refractivity contribution is 5.31. The van der Waals surface area contributed by atoms with Crippen LogP contribution in [0.4, 0.5) is 0 Å². The molecule has 0 aromatic heterocycles. The van der Waals surface area contributed by atoms with Gasteiger partial charge in [-0.05, 0) is 5.57 Å². The van der Waals surface area contributed by atoms with Crippen LogP contribution in [0.2, 0.25) is 0 Å². The first-order chi connectivity index (χ1) is 6.51. The zero-order chi connectivity index (χ0) is 12.1. The summed E-state index contributed by atoms with van der Waals surface area (Å²) in [6.07, 6.45) is 0.888. The molecule has 1 nitrogen and oxygen atoms in total. The van der Waals surface area contributed by atoms with E-state index in [1.807, 2.05) is 0 Å². The van der Waals surface area contributed by atoms with Crippen molar-refractivity contribution in [2.75, 3.05) is 0 Å². The van der Waals surface area contributed by atoms with E-state index in [1.165, 1.54) is 0 Å². The molecule has 0 radical (unpaired) electrons. The minimum atomic E-state index is -0.186. The molecule has 0 aromatic rings. The van der Waals surface area contributed by atoms with Gasteiger partial charge in [-0.25, -0.2) is 0 Å². The predicted molar refractivity (Wildman–Crippen MR) is 65.6 cm³/mol. The Morgan fingerprint density at radius 3 is 1.53 bits per heavy atom. The lowest BCUT2D eigenvalue weighted by atomic mass is 9.61. The van der Waals surface area contributed by atoms with Gasteiger partial charge in [0, 0.05) is 17.3 Å². The van der Waals surface area contributed by atoms with Crippen molar-refractivity contribution in [1.29, 1.82) is 0 Å². The molecule has 1 saturated heterocycles. The maximum Gasteiger partial charge on any atom is 0.123 e. The van der Waals surface area contributed by atoms with E-state index in [2.05, 4.69) is 54.7 Å². The topological polar surface area (TPSA) is 9.23 Å². The summed E-state index contributed by atoms with van der Waals surface area (Å²) in [6, 6.07) is 0. The van der Waals surface area contributed by atoms with E-state index in [1.54, 1.807) is 0 Å². The molecule has 15 heavy (non-hydrogen) atoms. The van der Waals surface area contributed by atoms with E-state index in [0.29, 0.717) is 0 Å². The largest absolute Gasteiger partial charge is 0.486 e. The molecule has 0 saturated carbocycles. The van der Waals surface area contributed by atoms with Gasteiger partial charge >= 0.3 is 0 Å². The second-order valence-electron chi connectivity index (χ2n) is 6.63. The molecular formula is C14H24O. The van der Waals surface area contributed by atoms with Gasteiger partial charge in [0.25, 0.3) is 0 Å². The Morgan fingerprint density at radius 1 is 1.00 bits per heavy atom. The van der Waals surface area contributed by atoms with Gasteiger partial charge in [0.2, 0.25) is 0 Å². The third kappa shape index (κ3) is 1.73. The molecule has 0 aliphatic carbocycles. The van der Waals surface area contributed by atoms with Crippen LogP contribution in [-0.2, 0) is 4.74 Å². The number of ether oxygens (including phenoxy) is 1. The fourth-order valence-electron chi connectivity index (χ4n) is 2.68. The highest BCUT2D eigenvalue weighted by Crippen LogP contribution is 2.55. The highest BCUT2D eigenvalue weighted by atomic mass is 16.5. The maximum absolute atomic E-state index is 6.10. The van der Waals surface area contributed by atoms with Crippen molar-refractivity contribution < 1.29 is 4.74 Å². The van der Waals surface area contributed by atoms with Crippen LogP contribution in [0.25, 0.3) is 0 Å². The zero-order valence-electron chi connectivity index (χ0n) is 11.0. The summed E-state index contributed by atoms with van der Waals surface area (Å²) in [5.41, 5.74) is 1.01. The molecule has 0 spiro atoms. The van der Waals surface area contributed by atoms with Gasteiger partial charge in [-0.3, -0.25) is 0 Å². The van der Waals surface area contributed by atoms with E-state index in [-0.39, 0.29) is 16.4 Å². The zero-order valence-corrected chi connectivity index (χ0v) is 11.0. The van der Waals surface area contributed by atoms with Gasteiger partial charge < -0.3 is 4.74 Å². The second kappa shape index (κ2) is 3.13. The standard InChI is InChI=1S/C14H24O/c1-10-9-14(12(3,4)5,13(6,7)8)15-11(10)2/h1-2,9H2,3-8H3. The molecular weight excluding hydrogens is 184 g/mol. The van der Waals surface area contributed by atoms with Crippen LogP contribution in [0.3, 0.4) is 0 Å². The number of rotatable bonds is 0. The van der Waals surface area contributed by atoms with E-state index in [0.717, 1.165) is 17.8 Å². The van der Waals surface area contributed by atoms with Crippen LogP contribution < -0.4 is 0 Å². The summed E-state index contributed by atoms with van der Waals surface area (Å²) < 4.78 is 6.10. The van der Waals surface area contributed by atoms with Crippen LogP contribution in [0.1, 0.15) is 48.0 Å². The second-order valence-corrected chi connectivity index (χ2v) is 6.63. The first-order valence-electron chi connectivity index (χ1n) is 5.57. The van der Waals surface area contributed by atoms with Crippen molar-refractivity contribution in [3.05, 3.63) is 24.5 Å². The smallest absolute Gasteiger partial charge is 0.123 e. The number of allylic oxidation sites excluding steroid dienone is 1. The number of hydrogen-bond acceptors (Lipinski definition) is 1. The molecule has 0 bridgehead atoms. The SMILES string of the molecule is C=C1CC(C(C)(C)C)(C(C)(C)C)OC1=C. The van der Waals surface area contributed by atoms with E-state index >= 15 is 0 Å². The lowest BCUT2D eigenvalue weighted by molar-refractivity contribution is -0.129. The van der Waals surface area contributed by atoms with Crippen molar-refractivity contribution in [2.24, 2.45) is 10.8 Å². The molecule has 1 rings (SSSR count). The Balaban J connectivity index is 3.24. The molecule has 1 heteroatoms. The van der Waals surface area contributed by atoms with Crippen LogP contribution in [0.15, 0.2) is 24.5 Å². The predicted octanol–water partition coefficient (Wildman–Crippen LogP) is 4.31. The van der Waals surface area contributed by atoms with Gasteiger partial charge in [0.15, 0.2) is 0 Å². The minimum Gasteiger partial charge on any atom is -0.486 e. The Morgan fingerprint density at radius 2 is 1.40 bits per heavy atom. The molecule has 0 aromatic carbocycles. The molecule has 0 N–H and O–H groups in total. The Bertz CT molecular complexity index is 264. The molecule has 0 unspecified atom stereocenters. The molecule has 0 atom stereocenters. The first kappa shape index (κ1) is 12.4. The van der Waals surface area contributed by atoms with E-state index in [9.17, 15) is 0 Å². The minimum absolute atomic E-state index is 0.0770. The lowest BCUT2D eigenvalue weighted by Crippen LogP contribution is -2.52. The lowest BCUT2D eigenvalue weighted by Gasteiger charge is -2.49. The summed E-state index contributed by atoms with van der Waals surface area (Å²) in [5, 5.41) is 0. The van der Waals surface area contributed by atoms with Gasteiger partial charge in [0.05, 0.1) is 0 Å². The molecule has 0 amide bonds. The molecule has 1 heterocycles. The highest BCUT2D eigenvalue weighted by Gasteiger charge is 2.56. The summed E-state index contributed by atoms with van der Waals surface area (Å²) in [6.45, 7) is 21.3. The third-order valence-electron chi connectivity index (χ3n) is 3.58. The van der Waals surface area contributed by atoms with Crippen molar-refractivity contribution in [2.45, 2.75) is 53.6 Å². The molecule has 86 valence electrons. The summed E-state index contributed by atoms with van der Waals surface area (Å²) in [4.78, 5) is 0. The van der Waals surface area contributed by atoms with Crippen molar-refractivity contribution in [3.63, 3.8) is 0 Å². The Kier molecular flexibility index (Phi) is 2.58. The summed E-state index contributed by atoms with van der Waals surface area (Å²) in [7, 11) is 0. The fraction of sp³-hybridized carbons (Fsp3) is 0.714. The van der Waals surface area contributed by atoms with Gasteiger partial charge in [-0.2, -0.15) is 0 Å². The average Bonchev–Trinajstić information content (AvgIpc) is 2.26. The summed E-state index contributed by atoms with van der Waals surface area (Å²) >= 11 is 0. The number of hydrogen-bond donors (Lipinski definition) is 0. The van der Waals surface area contributed by atoms with E-state index < -0.39 is 0 Å². The monoisotopic (exact) mass is 208 g/mol. The third-order valence-corrected chi connectivity index (χ3v) is 3.58. The fourth-order valence-corrected chi connectivity index (χ4v) is 2.68. The van der Waals surface area contributed by atoms with Crippen molar-refractivity contribution in [3.8, 4) is 0 Å². The first-order valence-corrected chi connectivity index (χ1v) is 5.57. The average molecular weight is 208 g/mol. The Labute approximate surface area is 94.2 Å². The maximum atomic E-state index is 6.10. The van der Waals surface area contributed by atoms with Gasteiger partial charge in [-0.1, -0.05) is 54.7 Å². The van der Waals surface area contributed by atoms with E-state index in [4.69, 9.17) is 4.74 Å². The normalized spacial score (nSPS) is 21.7. The van der Waals surface area contributed by atoms with Crippen molar-refractivity contribution in [1.82, 2.24) is 0 Å². The quantitative estimate of drug-likeness (QED) is 0.576. The van der Waals surface area contributed by atoms with Crippen molar-refractivity contribution >= 4 is 0 Å². The van der Waals surface area contributed by atoms with Gasteiger partial charge in [-0.15, -0.1) is 0 Å². The van der Waals surface area contributed by atoms with Gasteiger partial charge in [0.1, 0.15) is 11.4 Å².